The van der Waals surface area contributed by atoms with E-state index in [9.17, 15) is 0 Å². The molecule has 3 nitrogen and oxygen atoms in total. The SMILES string of the molecule is CCOC1CC(NCC2(OC)CCC2)C12CCCCC2. The zero-order valence-corrected chi connectivity index (χ0v) is 13.2. The first-order valence-electron chi connectivity index (χ1n) is 8.65. The van der Waals surface area contributed by atoms with Gasteiger partial charge in [-0.25, -0.2) is 0 Å². The van der Waals surface area contributed by atoms with Crippen LogP contribution in [0.15, 0.2) is 0 Å². The Labute approximate surface area is 123 Å². The molecular weight excluding hydrogens is 250 g/mol. The molecule has 0 amide bonds. The molecule has 0 aromatic carbocycles. The number of hydrogen-bond donors (Lipinski definition) is 1. The van der Waals surface area contributed by atoms with E-state index < -0.39 is 0 Å². The lowest BCUT2D eigenvalue weighted by Gasteiger charge is -2.58. The Morgan fingerprint density at radius 3 is 2.35 bits per heavy atom. The van der Waals surface area contributed by atoms with E-state index in [-0.39, 0.29) is 5.60 Å². The summed E-state index contributed by atoms with van der Waals surface area (Å²) in [6, 6.07) is 0.659. The molecule has 0 bridgehead atoms. The van der Waals surface area contributed by atoms with E-state index in [2.05, 4.69) is 12.2 Å². The van der Waals surface area contributed by atoms with E-state index in [0.717, 1.165) is 13.2 Å². The van der Waals surface area contributed by atoms with Crippen LogP contribution in [-0.2, 0) is 9.47 Å². The minimum absolute atomic E-state index is 0.145. The van der Waals surface area contributed by atoms with Crippen molar-refractivity contribution in [2.75, 3.05) is 20.3 Å². The summed E-state index contributed by atoms with van der Waals surface area (Å²) < 4.78 is 11.8. The van der Waals surface area contributed by atoms with Crippen LogP contribution < -0.4 is 5.32 Å². The van der Waals surface area contributed by atoms with Gasteiger partial charge in [0.15, 0.2) is 0 Å². The summed E-state index contributed by atoms with van der Waals surface area (Å²) in [4.78, 5) is 0. The van der Waals surface area contributed by atoms with Gasteiger partial charge in [-0.1, -0.05) is 19.3 Å². The third-order valence-electron chi connectivity index (χ3n) is 6.31. The predicted octanol–water partition coefficient (Wildman–Crippen LogP) is 3.27. The number of nitrogens with one attached hydrogen (secondary N) is 1. The van der Waals surface area contributed by atoms with Gasteiger partial charge in [-0.3, -0.25) is 0 Å². The van der Waals surface area contributed by atoms with Crippen LogP contribution >= 0.6 is 0 Å². The molecule has 3 aliphatic rings. The Morgan fingerprint density at radius 1 is 1.05 bits per heavy atom. The molecule has 116 valence electrons. The summed E-state index contributed by atoms with van der Waals surface area (Å²) in [6.45, 7) is 4.03. The number of ether oxygens (including phenoxy) is 2. The minimum atomic E-state index is 0.145. The maximum atomic E-state index is 6.03. The number of hydrogen-bond acceptors (Lipinski definition) is 3. The highest BCUT2D eigenvalue weighted by atomic mass is 16.5. The predicted molar refractivity (Wildman–Crippen MR) is 80.9 cm³/mol. The molecule has 3 rings (SSSR count). The van der Waals surface area contributed by atoms with E-state index in [1.807, 2.05) is 7.11 Å². The molecule has 3 heteroatoms. The van der Waals surface area contributed by atoms with Crippen LogP contribution in [0.1, 0.15) is 64.7 Å². The van der Waals surface area contributed by atoms with Gasteiger partial charge in [0.25, 0.3) is 0 Å². The summed E-state index contributed by atoms with van der Waals surface area (Å²) in [5.74, 6) is 0. The van der Waals surface area contributed by atoms with Crippen LogP contribution in [-0.4, -0.2) is 38.0 Å². The first kappa shape index (κ1) is 14.8. The fourth-order valence-corrected chi connectivity index (χ4v) is 4.68. The molecular formula is C17H31NO2. The summed E-state index contributed by atoms with van der Waals surface area (Å²) in [7, 11) is 1.88. The molecule has 0 aromatic rings. The average molecular weight is 281 g/mol. The quantitative estimate of drug-likeness (QED) is 0.810. The van der Waals surface area contributed by atoms with E-state index in [4.69, 9.17) is 9.47 Å². The van der Waals surface area contributed by atoms with E-state index in [0.29, 0.717) is 17.6 Å². The molecule has 3 aliphatic carbocycles. The highest BCUT2D eigenvalue weighted by molar-refractivity contribution is 5.09. The van der Waals surface area contributed by atoms with Crippen LogP contribution in [0.5, 0.6) is 0 Å². The summed E-state index contributed by atoms with van der Waals surface area (Å²) >= 11 is 0. The van der Waals surface area contributed by atoms with Gasteiger partial charge in [0.1, 0.15) is 0 Å². The molecule has 20 heavy (non-hydrogen) atoms. The van der Waals surface area contributed by atoms with Crippen molar-refractivity contribution in [3.63, 3.8) is 0 Å². The fraction of sp³-hybridized carbons (Fsp3) is 1.00. The van der Waals surface area contributed by atoms with Gasteiger partial charge in [-0.05, 0) is 45.4 Å². The third kappa shape index (κ3) is 2.42. The number of methoxy groups -OCH3 is 1. The Bertz CT molecular complexity index is 315. The van der Waals surface area contributed by atoms with Crippen molar-refractivity contribution in [1.29, 1.82) is 0 Å². The van der Waals surface area contributed by atoms with Crippen molar-refractivity contribution < 1.29 is 9.47 Å². The zero-order chi connectivity index (χ0) is 14.1. The smallest absolute Gasteiger partial charge is 0.0802 e. The van der Waals surface area contributed by atoms with Crippen LogP contribution in [0.2, 0.25) is 0 Å². The summed E-state index contributed by atoms with van der Waals surface area (Å²) in [5.41, 5.74) is 0.583. The maximum absolute atomic E-state index is 6.03. The Balaban J connectivity index is 1.58. The van der Waals surface area contributed by atoms with Gasteiger partial charge >= 0.3 is 0 Å². The van der Waals surface area contributed by atoms with Crippen molar-refractivity contribution in [2.24, 2.45) is 5.41 Å². The molecule has 2 unspecified atom stereocenters. The van der Waals surface area contributed by atoms with Gasteiger partial charge in [-0.2, -0.15) is 0 Å². The maximum Gasteiger partial charge on any atom is 0.0802 e. The van der Waals surface area contributed by atoms with Crippen molar-refractivity contribution in [3.05, 3.63) is 0 Å². The second-order valence-electron chi connectivity index (χ2n) is 7.15. The molecule has 0 aliphatic heterocycles. The molecule has 2 atom stereocenters. The van der Waals surface area contributed by atoms with Gasteiger partial charge < -0.3 is 14.8 Å². The normalized spacial score (nSPS) is 34.5. The van der Waals surface area contributed by atoms with Crippen LogP contribution in [0.4, 0.5) is 0 Å². The Hall–Kier alpha value is -0.120. The van der Waals surface area contributed by atoms with Crippen LogP contribution in [0.3, 0.4) is 0 Å². The van der Waals surface area contributed by atoms with Crippen molar-refractivity contribution in [2.45, 2.75) is 82.5 Å². The Kier molecular flexibility index (Phi) is 4.40. The van der Waals surface area contributed by atoms with Crippen molar-refractivity contribution in [3.8, 4) is 0 Å². The first-order chi connectivity index (χ1) is 9.75. The highest BCUT2D eigenvalue weighted by Crippen LogP contribution is 2.53. The summed E-state index contributed by atoms with van der Waals surface area (Å²) in [5, 5.41) is 3.86. The average Bonchev–Trinajstić information content (AvgIpc) is 2.45. The number of rotatable bonds is 6. The van der Waals surface area contributed by atoms with Gasteiger partial charge in [-0.15, -0.1) is 0 Å². The molecule has 0 aromatic heterocycles. The monoisotopic (exact) mass is 281 g/mol. The lowest BCUT2D eigenvalue weighted by atomic mass is 9.55. The lowest BCUT2D eigenvalue weighted by Crippen LogP contribution is -2.66. The summed E-state index contributed by atoms with van der Waals surface area (Å²) in [6.07, 6.45) is 12.4. The molecule has 0 saturated heterocycles. The molecule has 3 saturated carbocycles. The second-order valence-corrected chi connectivity index (χ2v) is 7.15. The van der Waals surface area contributed by atoms with E-state index in [1.54, 1.807) is 0 Å². The van der Waals surface area contributed by atoms with E-state index >= 15 is 0 Å². The van der Waals surface area contributed by atoms with Crippen molar-refractivity contribution in [1.82, 2.24) is 5.32 Å². The molecule has 0 radical (unpaired) electrons. The molecule has 3 fully saturated rings. The fourth-order valence-electron chi connectivity index (χ4n) is 4.68. The Morgan fingerprint density at radius 2 is 1.80 bits per heavy atom. The third-order valence-corrected chi connectivity index (χ3v) is 6.31. The van der Waals surface area contributed by atoms with E-state index in [1.165, 1.54) is 57.8 Å². The zero-order valence-electron chi connectivity index (χ0n) is 13.2. The van der Waals surface area contributed by atoms with Crippen LogP contribution in [0, 0.1) is 5.41 Å². The lowest BCUT2D eigenvalue weighted by molar-refractivity contribution is -0.157. The highest BCUT2D eigenvalue weighted by Gasteiger charge is 2.55. The standard InChI is InChI=1S/C17H31NO2/c1-3-20-15-12-14(17(15)10-5-4-6-11-17)18-13-16(19-2)8-7-9-16/h14-15,18H,3-13H2,1-2H3. The van der Waals surface area contributed by atoms with Gasteiger partial charge in [0, 0.05) is 31.7 Å². The van der Waals surface area contributed by atoms with Gasteiger partial charge in [0.2, 0.25) is 0 Å². The minimum Gasteiger partial charge on any atom is -0.378 e. The largest absolute Gasteiger partial charge is 0.378 e. The molecule has 0 heterocycles. The molecule has 1 spiro atoms. The van der Waals surface area contributed by atoms with Gasteiger partial charge in [0.05, 0.1) is 11.7 Å². The van der Waals surface area contributed by atoms with Crippen molar-refractivity contribution >= 4 is 0 Å². The first-order valence-corrected chi connectivity index (χ1v) is 8.65. The molecule has 1 N–H and O–H groups in total. The van der Waals surface area contributed by atoms with Crippen LogP contribution in [0.25, 0.3) is 0 Å². The topological polar surface area (TPSA) is 30.5 Å². The second kappa shape index (κ2) is 5.94.